The first kappa shape index (κ1) is 30.8. The predicted octanol–water partition coefficient (Wildman–Crippen LogP) is 6.57. The molecule has 1 spiro atoms. The number of fused-ring (bicyclic) bond motifs is 1. The molecule has 0 radical (unpaired) electrons. The number of sulfone groups is 1. The van der Waals surface area contributed by atoms with Gasteiger partial charge in [-0.05, 0) is 101 Å². The number of anilines is 2. The van der Waals surface area contributed by atoms with E-state index in [0.717, 1.165) is 44.1 Å². The van der Waals surface area contributed by atoms with Crippen molar-refractivity contribution in [2.75, 3.05) is 18.4 Å². The maximum absolute atomic E-state index is 13.6. The fourth-order valence-electron chi connectivity index (χ4n) is 6.94. The number of likely N-dealkylation sites (tertiary alicyclic amines) is 1. The number of pyridine rings is 1. The van der Waals surface area contributed by atoms with E-state index in [0.29, 0.717) is 53.5 Å². The number of piperidine rings is 1. The minimum absolute atomic E-state index is 0.0379. The van der Waals surface area contributed by atoms with Crippen molar-refractivity contribution >= 4 is 50.2 Å². The van der Waals surface area contributed by atoms with Crippen molar-refractivity contribution in [2.45, 2.75) is 101 Å². The van der Waals surface area contributed by atoms with Gasteiger partial charge in [0, 0.05) is 36.4 Å². The molecule has 10 nitrogen and oxygen atoms in total. The van der Waals surface area contributed by atoms with Gasteiger partial charge in [0.1, 0.15) is 16.3 Å². The van der Waals surface area contributed by atoms with E-state index in [9.17, 15) is 18.0 Å². The van der Waals surface area contributed by atoms with Crippen LogP contribution in [0.1, 0.15) is 83.7 Å². The SMILES string of the molecule is Cc1cc(S(=O)(=O)C2CC3(CCN(C(=O)OC(C)(C)C)CC3)C2)ccc1Nc1ncc2cc(Cl)c(=O)n(C3CCCC3)c2n1. The lowest BCUT2D eigenvalue weighted by Gasteiger charge is -2.51. The highest BCUT2D eigenvalue weighted by Gasteiger charge is 2.51. The molecule has 3 aromatic rings. The maximum atomic E-state index is 13.6. The lowest BCUT2D eigenvalue weighted by atomic mass is 9.63. The Labute approximate surface area is 263 Å². The zero-order chi connectivity index (χ0) is 31.4. The van der Waals surface area contributed by atoms with E-state index in [1.165, 1.54) is 0 Å². The Balaban J connectivity index is 1.14. The molecule has 0 unspecified atom stereocenters. The highest BCUT2D eigenvalue weighted by molar-refractivity contribution is 7.92. The number of carbonyl (C=O) groups excluding carboxylic acids is 1. The molecule has 2 aliphatic carbocycles. The average Bonchev–Trinajstić information content (AvgIpc) is 3.47. The summed E-state index contributed by atoms with van der Waals surface area (Å²) >= 11 is 6.26. The summed E-state index contributed by atoms with van der Waals surface area (Å²) in [5.74, 6) is 0.323. The van der Waals surface area contributed by atoms with Crippen LogP contribution in [0.15, 0.2) is 40.2 Å². The summed E-state index contributed by atoms with van der Waals surface area (Å²) in [7, 11) is -3.51. The molecule has 2 saturated carbocycles. The molecule has 6 rings (SSSR count). The Bertz CT molecular complexity index is 1760. The third-order valence-electron chi connectivity index (χ3n) is 9.43. The topological polar surface area (TPSA) is 123 Å². The zero-order valence-electron chi connectivity index (χ0n) is 25.7. The summed E-state index contributed by atoms with van der Waals surface area (Å²) in [6, 6.07) is 6.74. The summed E-state index contributed by atoms with van der Waals surface area (Å²) in [5.41, 5.74) is 1.15. The van der Waals surface area contributed by atoms with Crippen LogP contribution in [-0.2, 0) is 14.6 Å². The summed E-state index contributed by atoms with van der Waals surface area (Å²) in [6.45, 7) is 8.58. The van der Waals surface area contributed by atoms with Crippen LogP contribution in [-0.4, -0.2) is 57.9 Å². The van der Waals surface area contributed by atoms with Gasteiger partial charge in [0.15, 0.2) is 9.84 Å². The molecule has 2 aromatic heterocycles. The van der Waals surface area contributed by atoms with Gasteiger partial charge in [-0.1, -0.05) is 24.4 Å². The first-order valence-electron chi connectivity index (χ1n) is 15.4. The van der Waals surface area contributed by atoms with Crippen LogP contribution >= 0.6 is 11.6 Å². The summed E-state index contributed by atoms with van der Waals surface area (Å²) in [5, 5.41) is 3.64. The highest BCUT2D eigenvalue weighted by atomic mass is 35.5. The highest BCUT2D eigenvalue weighted by Crippen LogP contribution is 2.53. The predicted molar refractivity (Wildman–Crippen MR) is 170 cm³/mol. The second-order valence-corrected chi connectivity index (χ2v) is 16.4. The lowest BCUT2D eigenvalue weighted by Crippen LogP contribution is -2.53. The van der Waals surface area contributed by atoms with Gasteiger partial charge in [-0.3, -0.25) is 9.36 Å². The van der Waals surface area contributed by atoms with E-state index in [4.69, 9.17) is 21.3 Å². The molecular weight excluding hydrogens is 602 g/mol. The third-order valence-corrected chi connectivity index (χ3v) is 11.8. The molecule has 44 heavy (non-hydrogen) atoms. The third kappa shape index (κ3) is 5.92. The van der Waals surface area contributed by atoms with Gasteiger partial charge in [0.05, 0.1) is 10.1 Å². The molecule has 0 bridgehead atoms. The molecule has 1 aromatic carbocycles. The average molecular weight is 642 g/mol. The summed E-state index contributed by atoms with van der Waals surface area (Å²) in [6.07, 6.45) is 8.06. The molecule has 1 aliphatic heterocycles. The van der Waals surface area contributed by atoms with Gasteiger partial charge >= 0.3 is 6.09 Å². The largest absolute Gasteiger partial charge is 0.444 e. The van der Waals surface area contributed by atoms with E-state index in [1.54, 1.807) is 39.9 Å². The van der Waals surface area contributed by atoms with Gasteiger partial charge in [-0.25, -0.2) is 18.2 Å². The molecule has 0 atom stereocenters. The number of benzene rings is 1. The van der Waals surface area contributed by atoms with E-state index < -0.39 is 20.7 Å². The molecular formula is C32H40ClN5O5S. The van der Waals surface area contributed by atoms with Gasteiger partial charge in [0.25, 0.3) is 5.56 Å². The number of hydrogen-bond donors (Lipinski definition) is 1. The minimum atomic E-state index is -3.51. The fourth-order valence-corrected chi connectivity index (χ4v) is 9.28. The van der Waals surface area contributed by atoms with Gasteiger partial charge in [0.2, 0.25) is 5.95 Å². The number of halogens is 1. The molecule has 1 amide bonds. The number of aryl methyl sites for hydroxylation is 1. The Morgan fingerprint density at radius 2 is 1.80 bits per heavy atom. The van der Waals surface area contributed by atoms with Gasteiger partial charge in [-0.15, -0.1) is 0 Å². The molecule has 236 valence electrons. The number of amides is 1. The van der Waals surface area contributed by atoms with Crippen LogP contribution < -0.4 is 10.9 Å². The van der Waals surface area contributed by atoms with Crippen LogP contribution in [0.5, 0.6) is 0 Å². The summed E-state index contributed by atoms with van der Waals surface area (Å²) in [4.78, 5) is 36.6. The minimum Gasteiger partial charge on any atom is -0.444 e. The molecule has 3 heterocycles. The van der Waals surface area contributed by atoms with Crippen LogP contribution in [0.2, 0.25) is 5.02 Å². The molecule has 3 fully saturated rings. The molecule has 1 N–H and O–H groups in total. The van der Waals surface area contributed by atoms with Crippen molar-refractivity contribution in [2.24, 2.45) is 5.41 Å². The number of ether oxygens (including phenoxy) is 1. The number of nitrogens with one attached hydrogen (secondary N) is 1. The molecule has 1 saturated heterocycles. The second-order valence-electron chi connectivity index (χ2n) is 13.7. The first-order valence-corrected chi connectivity index (χ1v) is 17.3. The van der Waals surface area contributed by atoms with Crippen molar-refractivity contribution in [1.29, 1.82) is 0 Å². The zero-order valence-corrected chi connectivity index (χ0v) is 27.3. The standard InChI is InChI=1S/C32H40ClN5O5S/c1-20-15-23(44(41,42)24-17-32(18-24)11-13-37(14-12-32)30(40)43-31(2,3)4)9-10-26(20)35-29-34-19-21-16-25(33)28(39)38(27(21)36-29)22-7-5-6-8-22/h9-10,15-16,19,22,24H,5-8,11-14,17-18H2,1-4H3,(H,34,35,36). The fraction of sp³-hybridized carbons (Fsp3) is 0.562. The number of hydrogen-bond acceptors (Lipinski definition) is 8. The molecule has 3 aliphatic rings. The Morgan fingerprint density at radius 3 is 2.43 bits per heavy atom. The lowest BCUT2D eigenvalue weighted by molar-refractivity contribution is -0.00428. The van der Waals surface area contributed by atoms with Crippen molar-refractivity contribution in [3.05, 3.63) is 51.4 Å². The van der Waals surface area contributed by atoms with Crippen LogP contribution in [0.3, 0.4) is 0 Å². The van der Waals surface area contributed by atoms with E-state index in [1.807, 2.05) is 27.7 Å². The van der Waals surface area contributed by atoms with Crippen LogP contribution in [0.4, 0.5) is 16.4 Å². The second kappa shape index (κ2) is 11.3. The van der Waals surface area contributed by atoms with Crippen molar-refractivity contribution < 1.29 is 17.9 Å². The van der Waals surface area contributed by atoms with Crippen LogP contribution in [0, 0.1) is 12.3 Å². The Hall–Kier alpha value is -3.18. The molecule has 12 heteroatoms. The quantitative estimate of drug-likeness (QED) is 0.332. The van der Waals surface area contributed by atoms with E-state index >= 15 is 0 Å². The maximum Gasteiger partial charge on any atom is 0.410 e. The van der Waals surface area contributed by atoms with Crippen molar-refractivity contribution in [3.8, 4) is 0 Å². The normalized spacial score (nSPS) is 19.3. The van der Waals surface area contributed by atoms with Gasteiger partial charge in [-0.2, -0.15) is 4.98 Å². The number of aromatic nitrogens is 3. The number of rotatable bonds is 5. The van der Waals surface area contributed by atoms with Gasteiger partial charge < -0.3 is 15.0 Å². The number of nitrogens with zero attached hydrogens (tertiary/aromatic N) is 4. The Kier molecular flexibility index (Phi) is 7.93. The van der Waals surface area contributed by atoms with E-state index in [2.05, 4.69) is 10.3 Å². The van der Waals surface area contributed by atoms with Crippen molar-refractivity contribution in [1.82, 2.24) is 19.4 Å². The summed E-state index contributed by atoms with van der Waals surface area (Å²) < 4.78 is 34.4. The first-order chi connectivity index (χ1) is 20.7. The Morgan fingerprint density at radius 1 is 1.11 bits per heavy atom. The van der Waals surface area contributed by atoms with Crippen molar-refractivity contribution in [3.63, 3.8) is 0 Å². The van der Waals surface area contributed by atoms with Crippen LogP contribution in [0.25, 0.3) is 11.0 Å². The monoisotopic (exact) mass is 641 g/mol. The smallest absolute Gasteiger partial charge is 0.410 e. The van der Waals surface area contributed by atoms with E-state index in [-0.39, 0.29) is 28.1 Å². The number of carbonyl (C=O) groups is 1.